The van der Waals surface area contributed by atoms with Crippen LogP contribution in [-0.4, -0.2) is 9.36 Å². The average molecular weight is 381 g/mol. The van der Waals surface area contributed by atoms with Gasteiger partial charge in [0.15, 0.2) is 0 Å². The Balaban J connectivity index is 2.57. The summed E-state index contributed by atoms with van der Waals surface area (Å²) in [4.78, 5) is 4.35. The third kappa shape index (κ3) is 1.99. The molecule has 2 aromatic rings. The van der Waals surface area contributed by atoms with Gasteiger partial charge in [-0.2, -0.15) is 4.37 Å². The molecule has 1 heterocycles. The Labute approximate surface area is 108 Å². The van der Waals surface area contributed by atoms with Crippen LogP contribution in [0.25, 0.3) is 10.6 Å². The van der Waals surface area contributed by atoms with Gasteiger partial charge in [0.1, 0.15) is 5.01 Å². The van der Waals surface area contributed by atoms with Crippen molar-refractivity contribution in [2.75, 3.05) is 0 Å². The second-order valence-electron chi connectivity index (χ2n) is 2.81. The maximum atomic E-state index is 4.35. The molecule has 0 N–H and O–H groups in total. The Morgan fingerprint density at radius 1 is 1.43 bits per heavy atom. The van der Waals surface area contributed by atoms with Crippen molar-refractivity contribution in [2.24, 2.45) is 0 Å². The van der Waals surface area contributed by atoms with Crippen molar-refractivity contribution in [1.82, 2.24) is 9.36 Å². The van der Waals surface area contributed by atoms with Gasteiger partial charge in [-0.05, 0) is 39.9 Å². The summed E-state index contributed by atoms with van der Waals surface area (Å²) < 4.78 is 6.07. The van der Waals surface area contributed by atoms with Gasteiger partial charge in [-0.15, -0.1) is 0 Å². The van der Waals surface area contributed by atoms with Crippen LogP contribution in [0.3, 0.4) is 0 Å². The Bertz CT molecular complexity index is 470. The van der Waals surface area contributed by atoms with E-state index in [1.807, 2.05) is 12.1 Å². The first-order chi connectivity index (χ1) is 6.68. The summed E-state index contributed by atoms with van der Waals surface area (Å²) in [6.45, 7) is 2.07. The van der Waals surface area contributed by atoms with Gasteiger partial charge in [0.2, 0.25) is 3.83 Å². The minimum atomic E-state index is 0.802. The highest BCUT2D eigenvalue weighted by Gasteiger charge is 2.09. The van der Waals surface area contributed by atoms with Crippen LogP contribution in [-0.2, 0) is 0 Å². The van der Waals surface area contributed by atoms with Crippen molar-refractivity contribution in [3.8, 4) is 10.6 Å². The lowest BCUT2D eigenvalue weighted by Crippen LogP contribution is -1.82. The van der Waals surface area contributed by atoms with Gasteiger partial charge in [0, 0.05) is 32.6 Å². The van der Waals surface area contributed by atoms with E-state index in [0.717, 1.165) is 18.9 Å². The molecule has 0 aliphatic carbocycles. The van der Waals surface area contributed by atoms with Crippen LogP contribution in [0, 0.1) is 10.8 Å². The molecule has 0 spiro atoms. The van der Waals surface area contributed by atoms with E-state index in [-0.39, 0.29) is 0 Å². The van der Waals surface area contributed by atoms with Crippen LogP contribution in [0.2, 0.25) is 0 Å². The summed E-state index contributed by atoms with van der Waals surface area (Å²) in [5.74, 6) is 0. The zero-order valence-corrected chi connectivity index (χ0v) is 11.9. The Hall–Kier alpha value is -0.01000. The number of benzene rings is 1. The van der Waals surface area contributed by atoms with Crippen LogP contribution < -0.4 is 0 Å². The Morgan fingerprint density at radius 2 is 2.21 bits per heavy atom. The Kier molecular flexibility index (Phi) is 3.18. The number of hydrogen-bond donors (Lipinski definition) is 0. The summed E-state index contributed by atoms with van der Waals surface area (Å²) in [5.41, 5.74) is 2.33. The highest BCUT2D eigenvalue weighted by molar-refractivity contribution is 14.1. The summed E-state index contributed by atoms with van der Waals surface area (Å²) in [6, 6.07) is 6.15. The maximum Gasteiger partial charge on any atom is 0.203 e. The molecule has 0 aliphatic rings. The highest BCUT2D eigenvalue weighted by Crippen LogP contribution is 2.31. The molecule has 0 aliphatic heterocycles. The standard InChI is InChI=1S/C9H6BrIN2S/c1-5-3-2-4-6(7(5)10)8-12-9(11)13-14-8/h2-4H,1H3. The lowest BCUT2D eigenvalue weighted by Gasteiger charge is -2.02. The smallest absolute Gasteiger partial charge is 0.203 e. The van der Waals surface area contributed by atoms with E-state index in [2.05, 4.69) is 60.9 Å². The summed E-state index contributed by atoms with van der Waals surface area (Å²) in [6.07, 6.45) is 0. The second-order valence-corrected chi connectivity index (χ2v) is 5.31. The quantitative estimate of drug-likeness (QED) is 0.701. The summed E-state index contributed by atoms with van der Waals surface area (Å²) in [5, 5.41) is 0.963. The first-order valence-corrected chi connectivity index (χ1v) is 6.57. The molecule has 0 amide bonds. The molecule has 0 atom stereocenters. The number of hydrogen-bond acceptors (Lipinski definition) is 3. The van der Waals surface area contributed by atoms with Gasteiger partial charge in [0.25, 0.3) is 0 Å². The third-order valence-corrected chi connectivity index (χ3v) is 4.43. The molecule has 72 valence electrons. The van der Waals surface area contributed by atoms with Crippen molar-refractivity contribution in [3.05, 3.63) is 32.1 Å². The predicted molar refractivity (Wildman–Crippen MR) is 70.5 cm³/mol. The lowest BCUT2D eigenvalue weighted by molar-refractivity contribution is 1.25. The zero-order valence-electron chi connectivity index (χ0n) is 7.29. The summed E-state index contributed by atoms with van der Waals surface area (Å²) in [7, 11) is 0. The zero-order chi connectivity index (χ0) is 10.1. The van der Waals surface area contributed by atoms with Gasteiger partial charge in [-0.3, -0.25) is 0 Å². The summed E-state index contributed by atoms with van der Waals surface area (Å²) >= 11 is 7.11. The molecule has 14 heavy (non-hydrogen) atoms. The fourth-order valence-corrected chi connectivity index (χ4v) is 3.01. The van der Waals surface area contributed by atoms with Crippen molar-refractivity contribution >= 4 is 50.1 Å². The van der Waals surface area contributed by atoms with E-state index in [1.54, 1.807) is 0 Å². The monoisotopic (exact) mass is 380 g/mol. The third-order valence-electron chi connectivity index (χ3n) is 1.82. The minimum Gasteiger partial charge on any atom is -0.210 e. The first kappa shape index (κ1) is 10.5. The highest BCUT2D eigenvalue weighted by atomic mass is 127. The Morgan fingerprint density at radius 3 is 2.86 bits per heavy atom. The van der Waals surface area contributed by atoms with Crippen LogP contribution in [0.15, 0.2) is 22.7 Å². The molecule has 1 aromatic heterocycles. The van der Waals surface area contributed by atoms with Gasteiger partial charge >= 0.3 is 0 Å². The molecule has 5 heteroatoms. The molecule has 0 saturated heterocycles. The minimum absolute atomic E-state index is 0.802. The molecule has 2 nitrogen and oxygen atoms in total. The van der Waals surface area contributed by atoms with E-state index in [0.29, 0.717) is 0 Å². The van der Waals surface area contributed by atoms with E-state index in [1.165, 1.54) is 17.1 Å². The van der Waals surface area contributed by atoms with Crippen molar-refractivity contribution in [1.29, 1.82) is 0 Å². The van der Waals surface area contributed by atoms with E-state index >= 15 is 0 Å². The van der Waals surface area contributed by atoms with Crippen LogP contribution >= 0.6 is 50.1 Å². The SMILES string of the molecule is Cc1cccc(-c2nc(I)ns2)c1Br. The van der Waals surface area contributed by atoms with Gasteiger partial charge in [-0.25, -0.2) is 4.98 Å². The van der Waals surface area contributed by atoms with E-state index in [4.69, 9.17) is 0 Å². The molecule has 2 rings (SSSR count). The van der Waals surface area contributed by atoms with Crippen molar-refractivity contribution < 1.29 is 0 Å². The fourth-order valence-electron chi connectivity index (χ4n) is 1.13. The van der Waals surface area contributed by atoms with E-state index < -0.39 is 0 Å². The number of halogens is 2. The van der Waals surface area contributed by atoms with Gasteiger partial charge in [0.05, 0.1) is 0 Å². The average Bonchev–Trinajstić information content (AvgIpc) is 2.57. The van der Waals surface area contributed by atoms with Crippen LogP contribution in [0.4, 0.5) is 0 Å². The van der Waals surface area contributed by atoms with Crippen LogP contribution in [0.1, 0.15) is 5.56 Å². The molecular formula is C9H6BrIN2S. The van der Waals surface area contributed by atoms with Crippen molar-refractivity contribution in [3.63, 3.8) is 0 Å². The maximum absolute atomic E-state index is 4.35. The topological polar surface area (TPSA) is 25.8 Å². The van der Waals surface area contributed by atoms with Gasteiger partial charge < -0.3 is 0 Å². The second kappa shape index (κ2) is 4.24. The lowest BCUT2D eigenvalue weighted by atomic mass is 10.1. The number of rotatable bonds is 1. The normalized spacial score (nSPS) is 10.5. The molecule has 0 radical (unpaired) electrons. The molecule has 0 unspecified atom stereocenters. The molecule has 0 bridgehead atoms. The van der Waals surface area contributed by atoms with E-state index in [9.17, 15) is 0 Å². The molecular weight excluding hydrogens is 375 g/mol. The number of aryl methyl sites for hydroxylation is 1. The number of aromatic nitrogens is 2. The van der Waals surface area contributed by atoms with Crippen LogP contribution in [0.5, 0.6) is 0 Å². The molecule has 0 saturated carbocycles. The van der Waals surface area contributed by atoms with Crippen molar-refractivity contribution in [2.45, 2.75) is 6.92 Å². The fraction of sp³-hybridized carbons (Fsp3) is 0.111. The molecule has 0 fully saturated rings. The number of nitrogens with zero attached hydrogens (tertiary/aromatic N) is 2. The predicted octanol–water partition coefficient (Wildman–Crippen LogP) is 3.88. The molecule has 1 aromatic carbocycles. The first-order valence-electron chi connectivity index (χ1n) is 3.93. The largest absolute Gasteiger partial charge is 0.210 e. The van der Waals surface area contributed by atoms with Gasteiger partial charge in [-0.1, -0.05) is 18.2 Å².